The molecule has 4 nitrogen and oxygen atoms in total. The summed E-state index contributed by atoms with van der Waals surface area (Å²) >= 11 is 0. The van der Waals surface area contributed by atoms with Crippen LogP contribution in [0.1, 0.15) is 16.7 Å². The molecule has 0 bridgehead atoms. The lowest BCUT2D eigenvalue weighted by Gasteiger charge is -2.14. The van der Waals surface area contributed by atoms with E-state index >= 15 is 0 Å². The van der Waals surface area contributed by atoms with Crippen molar-refractivity contribution in [2.24, 2.45) is 4.99 Å². The maximum atomic E-state index is 6.01. The van der Waals surface area contributed by atoms with E-state index in [1.165, 1.54) is 11.1 Å². The first-order chi connectivity index (χ1) is 15.3. The Balaban J connectivity index is 1.47. The Labute approximate surface area is 181 Å². The van der Waals surface area contributed by atoms with E-state index in [-0.39, 0.29) is 0 Å². The van der Waals surface area contributed by atoms with Crippen molar-refractivity contribution in [2.75, 3.05) is 7.11 Å². The van der Waals surface area contributed by atoms with Crippen molar-refractivity contribution in [3.05, 3.63) is 102 Å². The lowest BCUT2D eigenvalue weighted by atomic mass is 9.96. The molecular weight excluding hydrogens is 384 g/mol. The molecule has 3 aromatic carbocycles. The molecule has 5 rings (SSSR count). The van der Waals surface area contributed by atoms with Crippen molar-refractivity contribution < 1.29 is 9.47 Å². The summed E-state index contributed by atoms with van der Waals surface area (Å²) in [4.78, 5) is 9.05. The normalized spacial score (nSPS) is 11.9. The molecule has 31 heavy (non-hydrogen) atoms. The third kappa shape index (κ3) is 3.92. The average Bonchev–Trinajstić information content (AvgIpc) is 3.31. The van der Waals surface area contributed by atoms with Gasteiger partial charge in [-0.05, 0) is 52.6 Å². The predicted molar refractivity (Wildman–Crippen MR) is 124 cm³/mol. The van der Waals surface area contributed by atoms with E-state index in [2.05, 4.69) is 34.2 Å². The summed E-state index contributed by atoms with van der Waals surface area (Å²) in [6.45, 7) is 1.25. The van der Waals surface area contributed by atoms with Gasteiger partial charge in [0, 0.05) is 23.5 Å². The van der Waals surface area contributed by atoms with Gasteiger partial charge in [0.05, 0.1) is 19.3 Å². The van der Waals surface area contributed by atoms with Gasteiger partial charge in [-0.15, -0.1) is 0 Å². The van der Waals surface area contributed by atoms with Crippen LogP contribution < -0.4 is 9.47 Å². The highest BCUT2D eigenvalue weighted by atomic mass is 16.5. The standard InChI is InChI=1S/C27H22N2O2/c1-30-26-15-21(11-12-25(26)31-18-19-6-3-2-4-7-19)27-24(8-5-13-29-27)20-9-10-22-16-28-17-23(22)14-20/h2-15,17H,16,18H2,1H3. The largest absolute Gasteiger partial charge is 0.493 e. The van der Waals surface area contributed by atoms with Crippen LogP contribution in [0, 0.1) is 0 Å². The molecule has 0 aliphatic carbocycles. The average molecular weight is 406 g/mol. The van der Waals surface area contributed by atoms with Crippen molar-refractivity contribution in [3.8, 4) is 33.9 Å². The number of aliphatic imine (C=N–C) groups is 1. The van der Waals surface area contributed by atoms with Crippen LogP contribution in [0.3, 0.4) is 0 Å². The first-order valence-electron chi connectivity index (χ1n) is 10.2. The third-order valence-corrected chi connectivity index (χ3v) is 5.43. The first-order valence-corrected chi connectivity index (χ1v) is 10.2. The lowest BCUT2D eigenvalue weighted by Crippen LogP contribution is -1.98. The van der Waals surface area contributed by atoms with Crippen LogP contribution in [0.2, 0.25) is 0 Å². The predicted octanol–water partition coefficient (Wildman–Crippen LogP) is 5.94. The van der Waals surface area contributed by atoms with E-state index in [4.69, 9.17) is 9.47 Å². The quantitative estimate of drug-likeness (QED) is 0.398. The Hall–Kier alpha value is -3.92. The Morgan fingerprint density at radius 2 is 1.71 bits per heavy atom. The number of hydrogen-bond acceptors (Lipinski definition) is 4. The Morgan fingerprint density at radius 3 is 2.58 bits per heavy atom. The summed E-state index contributed by atoms with van der Waals surface area (Å²) in [6, 6.07) is 26.6. The van der Waals surface area contributed by atoms with Gasteiger partial charge >= 0.3 is 0 Å². The van der Waals surface area contributed by atoms with Crippen molar-refractivity contribution >= 4 is 6.21 Å². The molecular formula is C27H22N2O2. The molecule has 4 aromatic rings. The fourth-order valence-corrected chi connectivity index (χ4v) is 3.81. The van der Waals surface area contributed by atoms with E-state index in [1.54, 1.807) is 7.11 Å². The number of rotatable bonds is 6. The summed E-state index contributed by atoms with van der Waals surface area (Å²) in [5.74, 6) is 1.40. The van der Waals surface area contributed by atoms with Crippen LogP contribution in [0.5, 0.6) is 11.5 Å². The number of nitrogens with zero attached hydrogens (tertiary/aromatic N) is 2. The molecule has 152 valence electrons. The van der Waals surface area contributed by atoms with E-state index in [0.29, 0.717) is 18.1 Å². The highest BCUT2D eigenvalue weighted by molar-refractivity contribution is 5.89. The van der Waals surface area contributed by atoms with Gasteiger partial charge in [-0.2, -0.15) is 0 Å². The monoisotopic (exact) mass is 406 g/mol. The summed E-state index contributed by atoms with van der Waals surface area (Å²) < 4.78 is 11.6. The van der Waals surface area contributed by atoms with Crippen LogP contribution in [0.15, 0.2) is 90.1 Å². The van der Waals surface area contributed by atoms with Crippen LogP contribution in [0.25, 0.3) is 22.4 Å². The van der Waals surface area contributed by atoms with Crippen LogP contribution in [-0.2, 0) is 13.2 Å². The molecule has 0 fully saturated rings. The molecule has 0 unspecified atom stereocenters. The second-order valence-corrected chi connectivity index (χ2v) is 7.42. The van der Waals surface area contributed by atoms with Crippen molar-refractivity contribution in [1.82, 2.24) is 4.98 Å². The van der Waals surface area contributed by atoms with Crippen LogP contribution in [-0.4, -0.2) is 18.3 Å². The molecule has 2 heterocycles. The minimum atomic E-state index is 0.488. The molecule has 4 heteroatoms. The minimum absolute atomic E-state index is 0.488. The fraction of sp³-hybridized carbons (Fsp3) is 0.111. The van der Waals surface area contributed by atoms with Crippen molar-refractivity contribution in [3.63, 3.8) is 0 Å². The number of fused-ring (bicyclic) bond motifs is 1. The van der Waals surface area contributed by atoms with E-state index in [0.717, 1.165) is 34.5 Å². The molecule has 0 radical (unpaired) electrons. The number of methoxy groups -OCH3 is 1. The molecule has 0 spiro atoms. The number of hydrogen-bond donors (Lipinski definition) is 0. The maximum Gasteiger partial charge on any atom is 0.161 e. The summed E-state index contributed by atoms with van der Waals surface area (Å²) in [6.07, 6.45) is 3.76. The van der Waals surface area contributed by atoms with Crippen LogP contribution in [0.4, 0.5) is 0 Å². The van der Waals surface area contributed by atoms with E-state index < -0.39 is 0 Å². The van der Waals surface area contributed by atoms with E-state index in [1.807, 2.05) is 67.0 Å². The number of aromatic nitrogens is 1. The van der Waals surface area contributed by atoms with Crippen molar-refractivity contribution in [2.45, 2.75) is 13.2 Å². The van der Waals surface area contributed by atoms with Gasteiger partial charge < -0.3 is 9.47 Å². The summed E-state index contributed by atoms with van der Waals surface area (Å²) in [7, 11) is 1.66. The lowest BCUT2D eigenvalue weighted by molar-refractivity contribution is 0.284. The topological polar surface area (TPSA) is 43.7 Å². The number of pyridine rings is 1. The summed E-state index contributed by atoms with van der Waals surface area (Å²) in [5.41, 5.74) is 7.63. The second-order valence-electron chi connectivity index (χ2n) is 7.42. The molecule has 1 aliphatic heterocycles. The highest BCUT2D eigenvalue weighted by Gasteiger charge is 2.14. The minimum Gasteiger partial charge on any atom is -0.493 e. The zero-order valence-electron chi connectivity index (χ0n) is 17.3. The number of benzene rings is 3. The molecule has 1 aliphatic rings. The smallest absolute Gasteiger partial charge is 0.161 e. The molecule has 0 saturated carbocycles. The second kappa shape index (κ2) is 8.44. The molecule has 0 saturated heterocycles. The van der Waals surface area contributed by atoms with Gasteiger partial charge in [0.2, 0.25) is 0 Å². The molecule has 1 aromatic heterocycles. The van der Waals surface area contributed by atoms with E-state index in [9.17, 15) is 0 Å². The molecule has 0 N–H and O–H groups in total. The Bertz CT molecular complexity index is 1250. The fourth-order valence-electron chi connectivity index (χ4n) is 3.81. The Morgan fingerprint density at radius 1 is 0.839 bits per heavy atom. The van der Waals surface area contributed by atoms with Crippen molar-refractivity contribution in [1.29, 1.82) is 0 Å². The highest BCUT2D eigenvalue weighted by Crippen LogP contribution is 2.37. The number of ether oxygens (including phenoxy) is 2. The van der Waals surface area contributed by atoms with Gasteiger partial charge in [-0.3, -0.25) is 9.98 Å². The zero-order valence-corrected chi connectivity index (χ0v) is 17.3. The first kappa shape index (κ1) is 19.1. The zero-order chi connectivity index (χ0) is 21.0. The Kier molecular flexibility index (Phi) is 5.19. The SMILES string of the molecule is COc1cc(-c2ncccc2-c2ccc3c(c2)C=NC3)ccc1OCc1ccccc1. The summed E-state index contributed by atoms with van der Waals surface area (Å²) in [5, 5.41) is 0. The maximum absolute atomic E-state index is 6.01. The molecule has 0 atom stereocenters. The van der Waals surface area contributed by atoms with Crippen LogP contribution >= 0.6 is 0 Å². The van der Waals surface area contributed by atoms with Gasteiger partial charge in [-0.25, -0.2) is 0 Å². The molecule has 0 amide bonds. The van der Waals surface area contributed by atoms with Gasteiger partial charge in [0.15, 0.2) is 11.5 Å². The van der Waals surface area contributed by atoms with Gasteiger partial charge in [0.25, 0.3) is 0 Å². The van der Waals surface area contributed by atoms with Gasteiger partial charge in [-0.1, -0.05) is 48.5 Å². The third-order valence-electron chi connectivity index (χ3n) is 5.43. The van der Waals surface area contributed by atoms with Gasteiger partial charge in [0.1, 0.15) is 6.61 Å².